The quantitative estimate of drug-likeness (QED) is 0.712. The van der Waals surface area contributed by atoms with Crippen molar-refractivity contribution in [3.63, 3.8) is 0 Å². The molecule has 2 N–H and O–H groups in total. The third-order valence-corrected chi connectivity index (χ3v) is 8.21. The van der Waals surface area contributed by atoms with Gasteiger partial charge in [0.1, 0.15) is 0 Å². The van der Waals surface area contributed by atoms with Crippen LogP contribution in [0.1, 0.15) is 0 Å². The number of pyridine rings is 2. The minimum atomic E-state index is 0.0319. The van der Waals surface area contributed by atoms with Crippen molar-refractivity contribution >= 4 is 35.4 Å². The molecule has 0 unspecified atom stereocenters. The van der Waals surface area contributed by atoms with Crippen molar-refractivity contribution in [1.82, 2.24) is 9.97 Å². The third-order valence-electron chi connectivity index (χ3n) is 1.70. The summed E-state index contributed by atoms with van der Waals surface area (Å²) in [5.74, 6) is 0.444. The Morgan fingerprint density at radius 2 is 1.25 bits per heavy atom. The SMILES string of the molecule is Oc1cccnc1[Se][Se]c1ncccc1O. The molecule has 2 aromatic rings. The first kappa shape index (κ1) is 11.4. The van der Waals surface area contributed by atoms with Crippen LogP contribution in [0.2, 0.25) is 0 Å². The van der Waals surface area contributed by atoms with Crippen LogP contribution >= 0.6 is 0 Å². The number of aromatic hydroxyl groups is 2. The number of aromatic nitrogens is 2. The van der Waals surface area contributed by atoms with Gasteiger partial charge in [-0.1, -0.05) is 0 Å². The molecule has 0 fully saturated rings. The molecule has 0 aliphatic heterocycles. The van der Waals surface area contributed by atoms with E-state index in [0.717, 1.165) is 0 Å². The summed E-state index contributed by atoms with van der Waals surface area (Å²) in [6.07, 6.45) is 3.32. The van der Waals surface area contributed by atoms with E-state index in [9.17, 15) is 10.2 Å². The average Bonchev–Trinajstić information content (AvgIpc) is 2.30. The van der Waals surface area contributed by atoms with Crippen molar-refractivity contribution in [2.24, 2.45) is 0 Å². The number of rotatable bonds is 3. The molecule has 0 aromatic carbocycles. The molecule has 0 saturated carbocycles. The van der Waals surface area contributed by atoms with Gasteiger partial charge in [-0.2, -0.15) is 0 Å². The van der Waals surface area contributed by atoms with Crippen LogP contribution in [0.5, 0.6) is 11.5 Å². The Balaban J connectivity index is 2.09. The second-order valence-corrected chi connectivity index (χ2v) is 8.78. The van der Waals surface area contributed by atoms with Crippen LogP contribution in [0.4, 0.5) is 0 Å². The molecule has 0 spiro atoms. The van der Waals surface area contributed by atoms with Crippen LogP contribution in [0, 0.1) is 0 Å². The predicted octanol–water partition coefficient (Wildman–Crippen LogP) is -0.838. The zero-order valence-electron chi connectivity index (χ0n) is 8.07. The fraction of sp³-hybridized carbons (Fsp3) is 0. The van der Waals surface area contributed by atoms with E-state index >= 15 is 0 Å². The van der Waals surface area contributed by atoms with Gasteiger partial charge in [-0.3, -0.25) is 0 Å². The van der Waals surface area contributed by atoms with Crippen LogP contribution in [0.25, 0.3) is 0 Å². The molecule has 16 heavy (non-hydrogen) atoms. The summed E-state index contributed by atoms with van der Waals surface area (Å²) >= 11 is 0.0638. The Bertz CT molecular complexity index is 448. The van der Waals surface area contributed by atoms with Gasteiger partial charge in [0.25, 0.3) is 0 Å². The standard InChI is InChI=1S/C10H8N2O2Se2/c13-7-3-1-5-11-9(7)15-16-10-8(14)4-2-6-12-10/h1-6,13-14H. The predicted molar refractivity (Wildman–Crippen MR) is 62.6 cm³/mol. The minimum absolute atomic E-state index is 0.0319. The molecule has 0 aliphatic carbocycles. The Hall–Kier alpha value is -1.06. The summed E-state index contributed by atoms with van der Waals surface area (Å²) in [5.41, 5.74) is 0. The van der Waals surface area contributed by atoms with Gasteiger partial charge in [0.05, 0.1) is 0 Å². The van der Waals surface area contributed by atoms with Gasteiger partial charge in [-0.25, -0.2) is 0 Å². The maximum absolute atomic E-state index is 9.54. The Labute approximate surface area is 104 Å². The molecule has 0 bridgehead atoms. The molecule has 0 radical (unpaired) electrons. The molecule has 0 atom stereocenters. The van der Waals surface area contributed by atoms with E-state index in [1.54, 1.807) is 36.7 Å². The topological polar surface area (TPSA) is 66.2 Å². The van der Waals surface area contributed by atoms with E-state index in [1.807, 2.05) is 0 Å². The van der Waals surface area contributed by atoms with Crippen LogP contribution in [0.3, 0.4) is 0 Å². The molecule has 82 valence electrons. The first-order valence-electron chi connectivity index (χ1n) is 4.40. The molecule has 6 heteroatoms. The average molecular weight is 346 g/mol. The third kappa shape index (κ3) is 2.74. The van der Waals surface area contributed by atoms with Crippen molar-refractivity contribution in [1.29, 1.82) is 0 Å². The van der Waals surface area contributed by atoms with E-state index in [2.05, 4.69) is 9.97 Å². The molecule has 4 nitrogen and oxygen atoms in total. The molecule has 0 saturated heterocycles. The summed E-state index contributed by atoms with van der Waals surface area (Å²) in [6, 6.07) is 6.64. The zero-order chi connectivity index (χ0) is 11.4. The molecule has 2 rings (SSSR count). The van der Waals surface area contributed by atoms with E-state index < -0.39 is 0 Å². The fourth-order valence-electron chi connectivity index (χ4n) is 0.972. The maximum atomic E-state index is 9.54. The molecule has 2 aromatic heterocycles. The number of nitrogens with zero attached hydrogens (tertiary/aromatic N) is 2. The van der Waals surface area contributed by atoms with Crippen molar-refractivity contribution in [2.45, 2.75) is 0 Å². The van der Waals surface area contributed by atoms with Gasteiger partial charge in [0, 0.05) is 0 Å². The molecule has 0 amide bonds. The second kappa shape index (κ2) is 5.32. The van der Waals surface area contributed by atoms with Crippen LogP contribution in [-0.4, -0.2) is 46.4 Å². The molecular formula is C10H8N2O2Se2. The van der Waals surface area contributed by atoms with Crippen molar-refractivity contribution in [3.05, 3.63) is 36.7 Å². The number of hydrogen-bond donors (Lipinski definition) is 2. The summed E-state index contributed by atoms with van der Waals surface area (Å²) in [7, 11) is 0. The monoisotopic (exact) mass is 348 g/mol. The molecule has 2 heterocycles. The first-order chi connectivity index (χ1) is 7.77. The van der Waals surface area contributed by atoms with Crippen LogP contribution in [0.15, 0.2) is 36.7 Å². The molecular weight excluding hydrogens is 338 g/mol. The van der Waals surface area contributed by atoms with Gasteiger partial charge in [-0.15, -0.1) is 0 Å². The van der Waals surface area contributed by atoms with E-state index in [-0.39, 0.29) is 37.8 Å². The summed E-state index contributed by atoms with van der Waals surface area (Å²) in [6.45, 7) is 0. The fourth-order valence-corrected chi connectivity index (χ4v) is 6.90. The Morgan fingerprint density at radius 3 is 1.62 bits per heavy atom. The summed E-state index contributed by atoms with van der Waals surface area (Å²) in [4.78, 5) is 8.21. The second-order valence-electron chi connectivity index (χ2n) is 2.82. The van der Waals surface area contributed by atoms with Crippen LogP contribution in [-0.2, 0) is 0 Å². The van der Waals surface area contributed by atoms with Gasteiger partial charge < -0.3 is 0 Å². The zero-order valence-corrected chi connectivity index (χ0v) is 11.5. The van der Waals surface area contributed by atoms with Gasteiger partial charge >= 0.3 is 104 Å². The normalized spacial score (nSPS) is 10.2. The van der Waals surface area contributed by atoms with Crippen molar-refractivity contribution < 1.29 is 10.2 Å². The first-order valence-corrected chi connectivity index (χ1v) is 10.4. The summed E-state index contributed by atoms with van der Waals surface area (Å²) < 4.78 is 1.42. The van der Waals surface area contributed by atoms with Gasteiger partial charge in [0.15, 0.2) is 0 Å². The van der Waals surface area contributed by atoms with E-state index in [0.29, 0.717) is 9.18 Å². The Kier molecular flexibility index (Phi) is 3.80. The van der Waals surface area contributed by atoms with Crippen LogP contribution < -0.4 is 9.18 Å². The van der Waals surface area contributed by atoms with E-state index in [4.69, 9.17) is 0 Å². The Morgan fingerprint density at radius 1 is 0.812 bits per heavy atom. The van der Waals surface area contributed by atoms with E-state index in [1.165, 1.54) is 0 Å². The van der Waals surface area contributed by atoms with Crippen molar-refractivity contribution in [3.8, 4) is 11.5 Å². The van der Waals surface area contributed by atoms with Gasteiger partial charge in [-0.05, 0) is 0 Å². The molecule has 0 aliphatic rings. The van der Waals surface area contributed by atoms with Crippen molar-refractivity contribution in [2.75, 3.05) is 0 Å². The van der Waals surface area contributed by atoms with Gasteiger partial charge in [0.2, 0.25) is 0 Å². The number of hydrogen-bond acceptors (Lipinski definition) is 4. The summed E-state index contributed by atoms with van der Waals surface area (Å²) in [5, 5.41) is 19.1.